The molecular formula is C14H24N2. The first-order valence-corrected chi connectivity index (χ1v) is 6.29. The van der Waals surface area contributed by atoms with Crippen LogP contribution in [0.15, 0.2) is 24.3 Å². The van der Waals surface area contributed by atoms with E-state index in [-0.39, 0.29) is 6.04 Å². The summed E-state index contributed by atoms with van der Waals surface area (Å²) >= 11 is 0. The fraction of sp³-hybridized carbons (Fsp3) is 0.571. The van der Waals surface area contributed by atoms with Gasteiger partial charge in [0.2, 0.25) is 0 Å². The van der Waals surface area contributed by atoms with E-state index in [0.717, 1.165) is 13.1 Å². The summed E-state index contributed by atoms with van der Waals surface area (Å²) in [6, 6.07) is 8.77. The summed E-state index contributed by atoms with van der Waals surface area (Å²) in [7, 11) is 0. The predicted molar refractivity (Wildman–Crippen MR) is 71.8 cm³/mol. The Balaban J connectivity index is 2.76. The lowest BCUT2D eigenvalue weighted by Crippen LogP contribution is -2.24. The van der Waals surface area contributed by atoms with Crippen LogP contribution in [-0.4, -0.2) is 13.1 Å². The maximum Gasteiger partial charge on any atom is 0.0366 e. The largest absolute Gasteiger partial charge is 0.372 e. The van der Waals surface area contributed by atoms with Gasteiger partial charge in [0.05, 0.1) is 0 Å². The fourth-order valence-electron chi connectivity index (χ4n) is 1.90. The smallest absolute Gasteiger partial charge is 0.0366 e. The second-order valence-electron chi connectivity index (χ2n) is 4.37. The van der Waals surface area contributed by atoms with Crippen molar-refractivity contribution in [3.8, 4) is 0 Å². The molecule has 0 saturated heterocycles. The Labute approximate surface area is 99.5 Å². The molecule has 1 aromatic rings. The highest BCUT2D eigenvalue weighted by Gasteiger charge is 2.05. The first-order chi connectivity index (χ1) is 7.69. The third kappa shape index (κ3) is 3.53. The van der Waals surface area contributed by atoms with Crippen LogP contribution in [0, 0.1) is 0 Å². The Morgan fingerprint density at radius 1 is 1.06 bits per heavy atom. The van der Waals surface area contributed by atoms with Crippen LogP contribution >= 0.6 is 0 Å². The molecule has 0 amide bonds. The second kappa shape index (κ2) is 6.54. The Kier molecular flexibility index (Phi) is 5.33. The molecule has 0 aliphatic heterocycles. The van der Waals surface area contributed by atoms with Crippen molar-refractivity contribution >= 4 is 5.69 Å². The number of nitrogens with zero attached hydrogens (tertiary/aromatic N) is 1. The molecule has 0 aromatic heterocycles. The summed E-state index contributed by atoms with van der Waals surface area (Å²) in [6.07, 6.45) is 2.38. The van der Waals surface area contributed by atoms with Crippen LogP contribution in [0.25, 0.3) is 0 Å². The third-order valence-electron chi connectivity index (χ3n) is 2.77. The van der Waals surface area contributed by atoms with Gasteiger partial charge in [-0.25, -0.2) is 0 Å². The third-order valence-corrected chi connectivity index (χ3v) is 2.77. The van der Waals surface area contributed by atoms with E-state index in [1.54, 1.807) is 0 Å². The molecule has 16 heavy (non-hydrogen) atoms. The molecule has 0 unspecified atom stereocenters. The lowest BCUT2D eigenvalue weighted by atomic mass is 10.1. The SMILES string of the molecule is CCCN(CCC)c1ccc([C@H](C)N)cc1. The van der Waals surface area contributed by atoms with Gasteiger partial charge in [0.15, 0.2) is 0 Å². The van der Waals surface area contributed by atoms with Crippen LogP contribution in [0.2, 0.25) is 0 Å². The van der Waals surface area contributed by atoms with E-state index in [0.29, 0.717) is 0 Å². The van der Waals surface area contributed by atoms with E-state index < -0.39 is 0 Å². The number of rotatable bonds is 6. The molecule has 1 rings (SSSR count). The molecule has 0 aliphatic rings. The number of nitrogens with two attached hydrogens (primary N) is 1. The van der Waals surface area contributed by atoms with E-state index in [2.05, 4.69) is 43.0 Å². The first-order valence-electron chi connectivity index (χ1n) is 6.29. The summed E-state index contributed by atoms with van der Waals surface area (Å²) in [5.41, 5.74) is 8.36. The molecule has 2 N–H and O–H groups in total. The van der Waals surface area contributed by atoms with Crippen LogP contribution in [-0.2, 0) is 0 Å². The van der Waals surface area contributed by atoms with Crippen molar-refractivity contribution in [2.24, 2.45) is 5.73 Å². The quantitative estimate of drug-likeness (QED) is 0.796. The van der Waals surface area contributed by atoms with Crippen LogP contribution in [0.4, 0.5) is 5.69 Å². The minimum absolute atomic E-state index is 0.125. The summed E-state index contributed by atoms with van der Waals surface area (Å²) in [5.74, 6) is 0. The molecule has 0 radical (unpaired) electrons. The number of benzene rings is 1. The summed E-state index contributed by atoms with van der Waals surface area (Å²) in [4.78, 5) is 2.44. The van der Waals surface area contributed by atoms with Gasteiger partial charge >= 0.3 is 0 Å². The van der Waals surface area contributed by atoms with Crippen LogP contribution in [0.1, 0.15) is 45.2 Å². The predicted octanol–water partition coefficient (Wildman–Crippen LogP) is 3.33. The fourth-order valence-corrected chi connectivity index (χ4v) is 1.90. The average molecular weight is 220 g/mol. The normalized spacial score (nSPS) is 12.5. The van der Waals surface area contributed by atoms with E-state index in [1.165, 1.54) is 24.1 Å². The molecule has 0 spiro atoms. The Morgan fingerprint density at radius 3 is 1.94 bits per heavy atom. The topological polar surface area (TPSA) is 29.3 Å². The van der Waals surface area contributed by atoms with Crippen molar-refractivity contribution in [3.05, 3.63) is 29.8 Å². The van der Waals surface area contributed by atoms with Crippen molar-refractivity contribution in [1.82, 2.24) is 0 Å². The van der Waals surface area contributed by atoms with Crippen molar-refractivity contribution in [2.45, 2.75) is 39.7 Å². The molecular weight excluding hydrogens is 196 g/mol. The van der Waals surface area contributed by atoms with Crippen LogP contribution in [0.3, 0.4) is 0 Å². The lowest BCUT2D eigenvalue weighted by Gasteiger charge is -2.24. The van der Waals surface area contributed by atoms with Crippen molar-refractivity contribution in [2.75, 3.05) is 18.0 Å². The number of hydrogen-bond acceptors (Lipinski definition) is 2. The number of hydrogen-bond donors (Lipinski definition) is 1. The van der Waals surface area contributed by atoms with Gasteiger partial charge in [-0.15, -0.1) is 0 Å². The van der Waals surface area contributed by atoms with Crippen molar-refractivity contribution in [1.29, 1.82) is 0 Å². The van der Waals surface area contributed by atoms with Crippen molar-refractivity contribution < 1.29 is 0 Å². The Morgan fingerprint density at radius 2 is 1.56 bits per heavy atom. The first kappa shape index (κ1) is 13.0. The van der Waals surface area contributed by atoms with Gasteiger partial charge in [-0.2, -0.15) is 0 Å². The zero-order chi connectivity index (χ0) is 12.0. The van der Waals surface area contributed by atoms with Gasteiger partial charge in [-0.05, 0) is 37.5 Å². The highest BCUT2D eigenvalue weighted by Crippen LogP contribution is 2.18. The zero-order valence-corrected chi connectivity index (χ0v) is 10.7. The van der Waals surface area contributed by atoms with Gasteiger partial charge in [0.25, 0.3) is 0 Å². The maximum absolute atomic E-state index is 5.84. The van der Waals surface area contributed by atoms with E-state index in [1.807, 2.05) is 6.92 Å². The van der Waals surface area contributed by atoms with E-state index in [4.69, 9.17) is 5.73 Å². The van der Waals surface area contributed by atoms with E-state index in [9.17, 15) is 0 Å². The highest BCUT2D eigenvalue weighted by atomic mass is 15.1. The Hall–Kier alpha value is -1.02. The summed E-state index contributed by atoms with van der Waals surface area (Å²) in [6.45, 7) is 8.72. The summed E-state index contributed by atoms with van der Waals surface area (Å²) < 4.78 is 0. The minimum atomic E-state index is 0.125. The van der Waals surface area contributed by atoms with Gasteiger partial charge in [-0.3, -0.25) is 0 Å². The lowest BCUT2D eigenvalue weighted by molar-refractivity contribution is 0.743. The Bertz CT molecular complexity index is 284. The van der Waals surface area contributed by atoms with Gasteiger partial charge in [0.1, 0.15) is 0 Å². The molecule has 1 aromatic carbocycles. The molecule has 1 atom stereocenters. The monoisotopic (exact) mass is 220 g/mol. The average Bonchev–Trinajstić information content (AvgIpc) is 2.29. The van der Waals surface area contributed by atoms with E-state index >= 15 is 0 Å². The maximum atomic E-state index is 5.84. The molecule has 2 nitrogen and oxygen atoms in total. The van der Waals surface area contributed by atoms with Gasteiger partial charge in [-0.1, -0.05) is 26.0 Å². The second-order valence-corrected chi connectivity index (χ2v) is 4.37. The molecule has 90 valence electrons. The van der Waals surface area contributed by atoms with Crippen molar-refractivity contribution in [3.63, 3.8) is 0 Å². The molecule has 0 fully saturated rings. The number of anilines is 1. The van der Waals surface area contributed by atoms with Gasteiger partial charge < -0.3 is 10.6 Å². The van der Waals surface area contributed by atoms with Crippen LogP contribution < -0.4 is 10.6 Å². The molecule has 0 aliphatic carbocycles. The molecule has 0 saturated carbocycles. The van der Waals surface area contributed by atoms with Gasteiger partial charge in [0, 0.05) is 24.8 Å². The standard InChI is InChI=1S/C14H24N2/c1-4-10-16(11-5-2)14-8-6-13(7-9-14)12(3)15/h6-9,12H,4-5,10-11,15H2,1-3H3/t12-/m0/s1. The molecule has 0 heterocycles. The summed E-state index contributed by atoms with van der Waals surface area (Å²) in [5, 5.41) is 0. The van der Waals surface area contributed by atoms with Crippen LogP contribution in [0.5, 0.6) is 0 Å². The zero-order valence-electron chi connectivity index (χ0n) is 10.7. The molecule has 0 bridgehead atoms. The highest BCUT2D eigenvalue weighted by molar-refractivity contribution is 5.47. The molecule has 2 heteroatoms. The minimum Gasteiger partial charge on any atom is -0.372 e.